The second-order valence-electron chi connectivity index (χ2n) is 21.3. The maximum Gasteiger partial charge on any atom is 0.306 e. The number of carbonyl (C=O) groups excluding carboxylic acids is 3. The van der Waals surface area contributed by atoms with Gasteiger partial charge in [0.05, 0.1) is 0 Å². The second kappa shape index (κ2) is 60.9. The normalized spacial score (nSPS) is 12.3. The topological polar surface area (TPSA) is 78.9 Å². The van der Waals surface area contributed by atoms with Crippen LogP contribution in [0.15, 0.2) is 48.6 Å². The lowest BCUT2D eigenvalue weighted by Crippen LogP contribution is -2.30. The van der Waals surface area contributed by atoms with Gasteiger partial charge in [0.2, 0.25) is 0 Å². The highest BCUT2D eigenvalue weighted by molar-refractivity contribution is 5.71. The van der Waals surface area contributed by atoms with E-state index in [9.17, 15) is 14.4 Å². The molecule has 6 nitrogen and oxygen atoms in total. The summed E-state index contributed by atoms with van der Waals surface area (Å²) in [6, 6.07) is 0. The molecule has 0 aromatic rings. The van der Waals surface area contributed by atoms with Gasteiger partial charge in [-0.2, -0.15) is 0 Å². The van der Waals surface area contributed by atoms with E-state index in [1.165, 1.54) is 212 Å². The number of hydrogen-bond acceptors (Lipinski definition) is 6. The quantitative estimate of drug-likeness (QED) is 0.0261. The minimum atomic E-state index is -0.767. The summed E-state index contributed by atoms with van der Waals surface area (Å²) in [7, 11) is 0. The second-order valence-corrected chi connectivity index (χ2v) is 21.3. The van der Waals surface area contributed by atoms with Crippen molar-refractivity contribution in [2.24, 2.45) is 0 Å². The first-order valence-electron chi connectivity index (χ1n) is 31.6. The number of unbranched alkanes of at least 4 members (excludes halogenated alkanes) is 39. The van der Waals surface area contributed by atoms with E-state index in [4.69, 9.17) is 14.2 Å². The SMILES string of the molecule is CC/C=C\C/C=C\C/C=C\C/C=C\CCCCCCCCCCCCCCCCCCC(=O)OCC(COC(=O)CCCCCCCCCCCCC)OC(=O)CCCCCCCCCCCCCCCC. The van der Waals surface area contributed by atoms with Crippen molar-refractivity contribution >= 4 is 17.9 Å². The monoisotopic (exact) mass is 1010 g/mol. The Labute approximate surface area is 448 Å². The van der Waals surface area contributed by atoms with E-state index in [1.807, 2.05) is 0 Å². The number of hydrogen-bond donors (Lipinski definition) is 0. The molecule has 0 N–H and O–H groups in total. The molecular formula is C66H120O6. The molecule has 1 atom stereocenters. The fraction of sp³-hybridized carbons (Fsp3) is 0.833. The van der Waals surface area contributed by atoms with E-state index in [0.29, 0.717) is 19.3 Å². The van der Waals surface area contributed by atoms with Crippen LogP contribution in [0.1, 0.15) is 335 Å². The van der Waals surface area contributed by atoms with Gasteiger partial charge in [0.15, 0.2) is 6.10 Å². The first-order chi connectivity index (χ1) is 35.5. The molecule has 0 spiro atoms. The number of ether oxygens (including phenoxy) is 3. The Hall–Kier alpha value is -2.63. The summed E-state index contributed by atoms with van der Waals surface area (Å²) in [5, 5.41) is 0. The van der Waals surface area contributed by atoms with Crippen LogP contribution in [0.3, 0.4) is 0 Å². The molecule has 0 aliphatic carbocycles. The summed E-state index contributed by atoms with van der Waals surface area (Å²) in [6.07, 6.45) is 75.5. The van der Waals surface area contributed by atoms with Crippen molar-refractivity contribution in [3.63, 3.8) is 0 Å². The molecule has 420 valence electrons. The average molecular weight is 1010 g/mol. The molecule has 0 aliphatic heterocycles. The summed E-state index contributed by atoms with van der Waals surface area (Å²) < 4.78 is 16.9. The third-order valence-electron chi connectivity index (χ3n) is 14.1. The van der Waals surface area contributed by atoms with Gasteiger partial charge in [-0.15, -0.1) is 0 Å². The van der Waals surface area contributed by atoms with E-state index < -0.39 is 6.10 Å². The van der Waals surface area contributed by atoms with Crippen molar-refractivity contribution in [2.45, 2.75) is 341 Å². The van der Waals surface area contributed by atoms with Crippen molar-refractivity contribution in [1.29, 1.82) is 0 Å². The van der Waals surface area contributed by atoms with Gasteiger partial charge < -0.3 is 14.2 Å². The van der Waals surface area contributed by atoms with Gasteiger partial charge in [-0.3, -0.25) is 14.4 Å². The molecule has 0 saturated heterocycles. The van der Waals surface area contributed by atoms with Crippen LogP contribution in [0.2, 0.25) is 0 Å². The molecule has 0 bridgehead atoms. The highest BCUT2D eigenvalue weighted by Crippen LogP contribution is 2.17. The van der Waals surface area contributed by atoms with E-state index >= 15 is 0 Å². The number of rotatable bonds is 58. The Bertz CT molecular complexity index is 1250. The molecule has 0 aromatic heterocycles. The highest BCUT2D eigenvalue weighted by Gasteiger charge is 2.19. The van der Waals surface area contributed by atoms with E-state index in [1.54, 1.807) is 0 Å². The molecule has 1 unspecified atom stereocenters. The summed E-state index contributed by atoms with van der Waals surface area (Å²) in [6.45, 7) is 6.57. The molecular weight excluding hydrogens is 889 g/mol. The van der Waals surface area contributed by atoms with Crippen LogP contribution in [0.4, 0.5) is 0 Å². The van der Waals surface area contributed by atoms with E-state index in [2.05, 4.69) is 69.4 Å². The third-order valence-corrected chi connectivity index (χ3v) is 14.1. The maximum atomic E-state index is 12.8. The Morgan fingerprint density at radius 1 is 0.292 bits per heavy atom. The zero-order chi connectivity index (χ0) is 52.2. The molecule has 0 fully saturated rings. The average Bonchev–Trinajstić information content (AvgIpc) is 3.38. The first-order valence-corrected chi connectivity index (χ1v) is 31.6. The minimum Gasteiger partial charge on any atom is -0.462 e. The molecule has 72 heavy (non-hydrogen) atoms. The highest BCUT2D eigenvalue weighted by atomic mass is 16.6. The van der Waals surface area contributed by atoms with E-state index in [-0.39, 0.29) is 31.1 Å². The van der Waals surface area contributed by atoms with Crippen molar-refractivity contribution in [2.75, 3.05) is 13.2 Å². The Kier molecular flexibility index (Phi) is 58.7. The van der Waals surface area contributed by atoms with Gasteiger partial charge in [0.25, 0.3) is 0 Å². The zero-order valence-corrected chi connectivity index (χ0v) is 48.2. The lowest BCUT2D eigenvalue weighted by molar-refractivity contribution is -0.167. The van der Waals surface area contributed by atoms with E-state index in [0.717, 1.165) is 83.5 Å². The Morgan fingerprint density at radius 2 is 0.542 bits per heavy atom. The number of carbonyl (C=O) groups is 3. The summed E-state index contributed by atoms with van der Waals surface area (Å²) in [5.74, 6) is -0.845. The molecule has 0 radical (unpaired) electrons. The van der Waals surface area contributed by atoms with Crippen molar-refractivity contribution < 1.29 is 28.6 Å². The van der Waals surface area contributed by atoms with Crippen molar-refractivity contribution in [3.05, 3.63) is 48.6 Å². The molecule has 6 heteroatoms. The van der Waals surface area contributed by atoms with Gasteiger partial charge in [-0.1, -0.05) is 307 Å². The maximum absolute atomic E-state index is 12.8. The standard InChI is InChI=1S/C66H120O6/c1-4-7-10-13-16-19-22-24-26-27-28-29-30-31-32-33-34-35-36-37-38-39-40-42-44-47-50-53-56-59-65(68)71-62-63(61-70-64(67)58-55-52-49-46-43-21-18-15-12-9-6-3)72-66(69)60-57-54-51-48-45-41-25-23-20-17-14-11-8-5-2/h7,10,16,19,24,26,28-29,63H,4-6,8-9,11-15,17-18,20-23,25,27,30-62H2,1-3H3/b10-7-,19-16-,26-24-,29-28-. The van der Waals surface area contributed by atoms with Crippen LogP contribution in [-0.2, 0) is 28.6 Å². The molecule has 0 aromatic carbocycles. The van der Waals surface area contributed by atoms with Gasteiger partial charge in [0.1, 0.15) is 13.2 Å². The van der Waals surface area contributed by atoms with Crippen LogP contribution < -0.4 is 0 Å². The van der Waals surface area contributed by atoms with Gasteiger partial charge in [-0.05, 0) is 57.8 Å². The van der Waals surface area contributed by atoms with Crippen LogP contribution in [0.25, 0.3) is 0 Å². The smallest absolute Gasteiger partial charge is 0.306 e. The van der Waals surface area contributed by atoms with Crippen molar-refractivity contribution in [1.82, 2.24) is 0 Å². The summed E-state index contributed by atoms with van der Waals surface area (Å²) >= 11 is 0. The van der Waals surface area contributed by atoms with Gasteiger partial charge in [-0.25, -0.2) is 0 Å². The molecule has 0 aliphatic rings. The number of esters is 3. The number of allylic oxidation sites excluding steroid dienone is 8. The van der Waals surface area contributed by atoms with Crippen LogP contribution in [0.5, 0.6) is 0 Å². The zero-order valence-electron chi connectivity index (χ0n) is 48.2. The molecule has 0 heterocycles. The lowest BCUT2D eigenvalue weighted by Gasteiger charge is -2.18. The summed E-state index contributed by atoms with van der Waals surface area (Å²) in [5.41, 5.74) is 0. The van der Waals surface area contributed by atoms with Crippen molar-refractivity contribution in [3.8, 4) is 0 Å². The largest absolute Gasteiger partial charge is 0.462 e. The predicted molar refractivity (Wildman–Crippen MR) is 312 cm³/mol. The molecule has 0 saturated carbocycles. The Balaban J connectivity index is 4.12. The molecule has 0 rings (SSSR count). The third kappa shape index (κ3) is 58.3. The lowest BCUT2D eigenvalue weighted by atomic mass is 10.0. The minimum absolute atomic E-state index is 0.0662. The van der Waals surface area contributed by atoms with Gasteiger partial charge >= 0.3 is 17.9 Å². The first kappa shape index (κ1) is 69.4. The van der Waals surface area contributed by atoms with Crippen LogP contribution in [-0.4, -0.2) is 37.2 Å². The fourth-order valence-corrected chi connectivity index (χ4v) is 9.38. The summed E-state index contributed by atoms with van der Waals surface area (Å²) in [4.78, 5) is 38.2. The van der Waals surface area contributed by atoms with Crippen LogP contribution in [0, 0.1) is 0 Å². The molecule has 0 amide bonds. The van der Waals surface area contributed by atoms with Crippen LogP contribution >= 0.6 is 0 Å². The predicted octanol–water partition coefficient (Wildman–Crippen LogP) is 21.4. The fourth-order valence-electron chi connectivity index (χ4n) is 9.38. The van der Waals surface area contributed by atoms with Gasteiger partial charge in [0, 0.05) is 19.3 Å². The Morgan fingerprint density at radius 3 is 0.847 bits per heavy atom.